The average Bonchev–Trinajstić information content (AvgIpc) is 2.60. The molecule has 3 rings (SSSR count). The van der Waals surface area contributed by atoms with Crippen molar-refractivity contribution in [2.45, 2.75) is 25.8 Å². The molecule has 24 heavy (non-hydrogen) atoms. The van der Waals surface area contributed by atoms with Crippen LogP contribution in [-0.4, -0.2) is 19.5 Å². The van der Waals surface area contributed by atoms with Gasteiger partial charge in [-0.25, -0.2) is 0 Å². The Morgan fingerprint density at radius 1 is 1.04 bits per heavy atom. The standard InChI is InChI=1S/C21H22N2O/c1-22-15-7-6-12-21(24)23-16-19-10-3-2-8-17(19)13-14-18-9-4-5-11-20(18)23/h2-5,8-11,22H,6-7,12,15-16H2,1H3. The Kier molecular flexibility index (Phi) is 5.30. The molecule has 1 aliphatic rings. The first-order chi connectivity index (χ1) is 11.8. The maximum absolute atomic E-state index is 12.9. The Morgan fingerprint density at radius 3 is 2.58 bits per heavy atom. The number of benzene rings is 2. The highest BCUT2D eigenvalue weighted by Crippen LogP contribution is 2.26. The molecule has 2 aromatic carbocycles. The number of amides is 1. The third kappa shape index (κ3) is 3.67. The SMILES string of the molecule is CNCCCCC(=O)N1Cc2ccccc2C#Cc2ccccc21. The van der Waals surface area contributed by atoms with Gasteiger partial charge >= 0.3 is 0 Å². The summed E-state index contributed by atoms with van der Waals surface area (Å²) in [6.45, 7) is 1.52. The van der Waals surface area contributed by atoms with Gasteiger partial charge in [-0.2, -0.15) is 0 Å². The van der Waals surface area contributed by atoms with Gasteiger partial charge in [0, 0.05) is 17.5 Å². The molecule has 1 amide bonds. The smallest absolute Gasteiger partial charge is 0.227 e. The number of unbranched alkanes of at least 4 members (excludes halogenated alkanes) is 1. The Hall–Kier alpha value is -2.57. The summed E-state index contributed by atoms with van der Waals surface area (Å²) in [4.78, 5) is 14.7. The van der Waals surface area contributed by atoms with E-state index in [1.807, 2.05) is 54.4 Å². The molecule has 0 saturated heterocycles. The van der Waals surface area contributed by atoms with E-state index in [4.69, 9.17) is 0 Å². The Bertz CT molecular complexity index is 786. The van der Waals surface area contributed by atoms with Crippen LogP contribution in [0, 0.1) is 11.8 Å². The lowest BCUT2D eigenvalue weighted by atomic mass is 10.0. The molecule has 1 N–H and O–H groups in total. The van der Waals surface area contributed by atoms with Crippen LogP contribution in [0.4, 0.5) is 5.69 Å². The van der Waals surface area contributed by atoms with E-state index in [0.717, 1.165) is 41.8 Å². The molecule has 0 aliphatic carbocycles. The van der Waals surface area contributed by atoms with Gasteiger partial charge in [0.1, 0.15) is 0 Å². The van der Waals surface area contributed by atoms with Crippen molar-refractivity contribution in [1.29, 1.82) is 0 Å². The van der Waals surface area contributed by atoms with E-state index >= 15 is 0 Å². The zero-order chi connectivity index (χ0) is 16.8. The van der Waals surface area contributed by atoms with Gasteiger partial charge < -0.3 is 10.2 Å². The van der Waals surface area contributed by atoms with Gasteiger partial charge in [0.05, 0.1) is 12.2 Å². The van der Waals surface area contributed by atoms with E-state index in [2.05, 4.69) is 23.2 Å². The van der Waals surface area contributed by atoms with Crippen molar-refractivity contribution in [3.8, 4) is 11.8 Å². The number of hydrogen-bond donors (Lipinski definition) is 1. The number of para-hydroxylation sites is 1. The van der Waals surface area contributed by atoms with Crippen molar-refractivity contribution in [1.82, 2.24) is 5.32 Å². The quantitative estimate of drug-likeness (QED) is 0.677. The molecule has 3 nitrogen and oxygen atoms in total. The average molecular weight is 318 g/mol. The second kappa shape index (κ2) is 7.81. The fourth-order valence-electron chi connectivity index (χ4n) is 2.92. The van der Waals surface area contributed by atoms with E-state index in [-0.39, 0.29) is 5.91 Å². The van der Waals surface area contributed by atoms with Gasteiger partial charge in [-0.05, 0) is 50.2 Å². The summed E-state index contributed by atoms with van der Waals surface area (Å²) in [5.41, 5.74) is 3.93. The Labute approximate surface area is 143 Å². The fraction of sp³-hybridized carbons (Fsp3) is 0.286. The van der Waals surface area contributed by atoms with E-state index in [9.17, 15) is 4.79 Å². The van der Waals surface area contributed by atoms with Gasteiger partial charge in [-0.15, -0.1) is 0 Å². The molecule has 0 saturated carbocycles. The molecule has 0 radical (unpaired) electrons. The lowest BCUT2D eigenvalue weighted by Crippen LogP contribution is -2.31. The van der Waals surface area contributed by atoms with Crippen molar-refractivity contribution < 1.29 is 4.79 Å². The van der Waals surface area contributed by atoms with E-state index in [1.165, 1.54) is 0 Å². The van der Waals surface area contributed by atoms with Crippen LogP contribution < -0.4 is 10.2 Å². The number of carbonyl (C=O) groups excluding carboxylic acids is 1. The van der Waals surface area contributed by atoms with Crippen molar-refractivity contribution in [3.63, 3.8) is 0 Å². The summed E-state index contributed by atoms with van der Waals surface area (Å²) in [6, 6.07) is 16.0. The number of fused-ring (bicyclic) bond motifs is 2. The van der Waals surface area contributed by atoms with Gasteiger partial charge in [-0.3, -0.25) is 4.79 Å². The van der Waals surface area contributed by atoms with Gasteiger partial charge in [0.25, 0.3) is 0 Å². The highest BCUT2D eigenvalue weighted by molar-refractivity contribution is 5.95. The first kappa shape index (κ1) is 16.3. The number of rotatable bonds is 5. The molecule has 0 fully saturated rings. The second-order valence-electron chi connectivity index (χ2n) is 5.96. The van der Waals surface area contributed by atoms with Crippen molar-refractivity contribution in [3.05, 3.63) is 65.2 Å². The summed E-state index contributed by atoms with van der Waals surface area (Å²) in [5, 5.41) is 3.12. The van der Waals surface area contributed by atoms with Crippen LogP contribution in [0.25, 0.3) is 0 Å². The normalized spacial score (nSPS) is 12.3. The third-order valence-corrected chi connectivity index (χ3v) is 4.24. The Morgan fingerprint density at radius 2 is 1.75 bits per heavy atom. The monoisotopic (exact) mass is 318 g/mol. The lowest BCUT2D eigenvalue weighted by molar-refractivity contribution is -0.118. The van der Waals surface area contributed by atoms with Gasteiger partial charge in [-0.1, -0.05) is 42.2 Å². The largest absolute Gasteiger partial charge is 0.320 e. The fourth-order valence-corrected chi connectivity index (χ4v) is 2.92. The molecule has 0 bridgehead atoms. The minimum atomic E-state index is 0.164. The molecule has 0 aromatic heterocycles. The van der Waals surface area contributed by atoms with Crippen molar-refractivity contribution in [2.75, 3.05) is 18.5 Å². The zero-order valence-corrected chi connectivity index (χ0v) is 14.0. The number of nitrogens with one attached hydrogen (secondary N) is 1. The van der Waals surface area contributed by atoms with Crippen LogP contribution >= 0.6 is 0 Å². The molecular formula is C21H22N2O. The van der Waals surface area contributed by atoms with E-state index in [1.54, 1.807) is 0 Å². The summed E-state index contributed by atoms with van der Waals surface area (Å²) in [5.74, 6) is 6.64. The number of nitrogens with zero attached hydrogens (tertiary/aromatic N) is 1. The van der Waals surface area contributed by atoms with Crippen LogP contribution in [0.3, 0.4) is 0 Å². The first-order valence-electron chi connectivity index (χ1n) is 8.43. The highest BCUT2D eigenvalue weighted by Gasteiger charge is 2.20. The van der Waals surface area contributed by atoms with Crippen LogP contribution in [0.5, 0.6) is 0 Å². The summed E-state index contributed by atoms with van der Waals surface area (Å²) >= 11 is 0. The molecule has 122 valence electrons. The minimum absolute atomic E-state index is 0.164. The molecule has 3 heteroatoms. The number of hydrogen-bond acceptors (Lipinski definition) is 2. The molecule has 0 atom stereocenters. The second-order valence-corrected chi connectivity index (χ2v) is 5.96. The van der Waals surface area contributed by atoms with Gasteiger partial charge in [0.2, 0.25) is 5.91 Å². The molecule has 2 aromatic rings. The zero-order valence-electron chi connectivity index (χ0n) is 14.0. The van der Waals surface area contributed by atoms with Crippen LogP contribution in [0.1, 0.15) is 36.0 Å². The molecule has 0 spiro atoms. The van der Waals surface area contributed by atoms with E-state index in [0.29, 0.717) is 13.0 Å². The minimum Gasteiger partial charge on any atom is -0.320 e. The van der Waals surface area contributed by atoms with E-state index < -0.39 is 0 Å². The predicted molar refractivity (Wildman–Crippen MR) is 97.8 cm³/mol. The van der Waals surface area contributed by atoms with Crippen molar-refractivity contribution >= 4 is 11.6 Å². The third-order valence-electron chi connectivity index (χ3n) is 4.24. The summed E-state index contributed by atoms with van der Waals surface area (Å²) in [7, 11) is 1.94. The van der Waals surface area contributed by atoms with Crippen LogP contribution in [-0.2, 0) is 11.3 Å². The lowest BCUT2D eigenvalue weighted by Gasteiger charge is -2.26. The van der Waals surface area contributed by atoms with Crippen LogP contribution in [0.15, 0.2) is 48.5 Å². The molecule has 0 unspecified atom stereocenters. The van der Waals surface area contributed by atoms with Crippen molar-refractivity contribution in [2.24, 2.45) is 0 Å². The molecular weight excluding hydrogens is 296 g/mol. The maximum Gasteiger partial charge on any atom is 0.227 e. The van der Waals surface area contributed by atoms with Gasteiger partial charge in [0.15, 0.2) is 0 Å². The number of carbonyl (C=O) groups is 1. The summed E-state index contributed by atoms with van der Waals surface area (Å²) in [6.07, 6.45) is 2.46. The summed E-state index contributed by atoms with van der Waals surface area (Å²) < 4.78 is 0. The topological polar surface area (TPSA) is 32.3 Å². The van der Waals surface area contributed by atoms with Crippen LogP contribution in [0.2, 0.25) is 0 Å². The predicted octanol–water partition coefficient (Wildman–Crippen LogP) is 3.32. The maximum atomic E-state index is 12.9. The highest BCUT2D eigenvalue weighted by atomic mass is 16.2. The Balaban J connectivity index is 1.91. The first-order valence-corrected chi connectivity index (χ1v) is 8.43. The molecule has 1 aliphatic heterocycles. The molecule has 1 heterocycles. The number of anilines is 1.